The van der Waals surface area contributed by atoms with Gasteiger partial charge in [0.2, 0.25) is 11.9 Å². The molecule has 6 nitrogen and oxygen atoms in total. The lowest BCUT2D eigenvalue weighted by Gasteiger charge is -2.27. The van der Waals surface area contributed by atoms with E-state index in [1.54, 1.807) is 11.8 Å². The average molecular weight is 309 g/mol. The van der Waals surface area contributed by atoms with Gasteiger partial charge in [0.05, 0.1) is 0 Å². The summed E-state index contributed by atoms with van der Waals surface area (Å²) in [5.41, 5.74) is 0. The number of hydrogen-bond donors (Lipinski definition) is 1. The third-order valence-electron chi connectivity index (χ3n) is 3.91. The molecule has 0 amide bonds. The second-order valence-electron chi connectivity index (χ2n) is 5.47. The Morgan fingerprint density at radius 1 is 1.10 bits per heavy atom. The SMILES string of the molecule is CNc1nc(SC2CCOCC2)nc(N2CCCCC2)n1. The molecule has 0 aliphatic carbocycles. The highest BCUT2D eigenvalue weighted by Crippen LogP contribution is 2.29. The highest BCUT2D eigenvalue weighted by atomic mass is 32.2. The summed E-state index contributed by atoms with van der Waals surface area (Å²) in [6, 6.07) is 0. The fraction of sp³-hybridized carbons (Fsp3) is 0.786. The lowest BCUT2D eigenvalue weighted by molar-refractivity contribution is 0.1000. The molecule has 1 aromatic heterocycles. The van der Waals surface area contributed by atoms with Gasteiger partial charge < -0.3 is 15.0 Å². The van der Waals surface area contributed by atoms with E-state index in [1.807, 2.05) is 7.05 Å². The van der Waals surface area contributed by atoms with Gasteiger partial charge in [-0.3, -0.25) is 0 Å². The summed E-state index contributed by atoms with van der Waals surface area (Å²) in [4.78, 5) is 16.0. The van der Waals surface area contributed by atoms with E-state index < -0.39 is 0 Å². The lowest BCUT2D eigenvalue weighted by Crippen LogP contribution is -2.31. The minimum Gasteiger partial charge on any atom is -0.381 e. The van der Waals surface area contributed by atoms with Gasteiger partial charge in [0.25, 0.3) is 0 Å². The van der Waals surface area contributed by atoms with Gasteiger partial charge in [-0.15, -0.1) is 0 Å². The standard InChI is InChI=1S/C14H23N5OS/c1-15-12-16-13(19-7-3-2-4-8-19)18-14(17-12)21-11-5-9-20-10-6-11/h11H,2-10H2,1H3,(H,15,16,17,18). The van der Waals surface area contributed by atoms with Crippen LogP contribution >= 0.6 is 11.8 Å². The lowest BCUT2D eigenvalue weighted by atomic mass is 10.1. The second-order valence-corrected chi connectivity index (χ2v) is 6.74. The van der Waals surface area contributed by atoms with E-state index in [4.69, 9.17) is 4.74 Å². The van der Waals surface area contributed by atoms with Crippen molar-refractivity contribution in [3.63, 3.8) is 0 Å². The molecule has 0 radical (unpaired) electrons. The second kappa shape index (κ2) is 7.26. The monoisotopic (exact) mass is 309 g/mol. The van der Waals surface area contributed by atoms with E-state index in [0.29, 0.717) is 11.2 Å². The van der Waals surface area contributed by atoms with Crippen LogP contribution in [-0.4, -0.2) is 53.6 Å². The van der Waals surface area contributed by atoms with E-state index in [0.717, 1.165) is 50.2 Å². The molecule has 2 aliphatic heterocycles. The van der Waals surface area contributed by atoms with Gasteiger partial charge in [-0.1, -0.05) is 11.8 Å². The number of piperidine rings is 1. The number of ether oxygens (including phenoxy) is 1. The van der Waals surface area contributed by atoms with Gasteiger partial charge in [0.15, 0.2) is 5.16 Å². The van der Waals surface area contributed by atoms with Crippen LogP contribution in [0.1, 0.15) is 32.1 Å². The van der Waals surface area contributed by atoms with Gasteiger partial charge >= 0.3 is 0 Å². The molecule has 0 aromatic carbocycles. The molecule has 116 valence electrons. The number of thioether (sulfide) groups is 1. The Morgan fingerprint density at radius 3 is 2.57 bits per heavy atom. The maximum absolute atomic E-state index is 5.41. The van der Waals surface area contributed by atoms with Crippen LogP contribution in [0.5, 0.6) is 0 Å². The van der Waals surface area contributed by atoms with Gasteiger partial charge in [-0.2, -0.15) is 15.0 Å². The minimum absolute atomic E-state index is 0.556. The van der Waals surface area contributed by atoms with Crippen LogP contribution in [-0.2, 0) is 4.74 Å². The minimum atomic E-state index is 0.556. The van der Waals surface area contributed by atoms with Crippen molar-refractivity contribution in [2.24, 2.45) is 0 Å². The van der Waals surface area contributed by atoms with Crippen LogP contribution in [0.25, 0.3) is 0 Å². The van der Waals surface area contributed by atoms with Crippen molar-refractivity contribution < 1.29 is 4.74 Å². The quantitative estimate of drug-likeness (QED) is 0.914. The molecule has 3 heterocycles. The molecule has 0 bridgehead atoms. The third-order valence-corrected chi connectivity index (χ3v) is 5.10. The molecule has 0 spiro atoms. The maximum atomic E-state index is 5.41. The fourth-order valence-corrected chi connectivity index (χ4v) is 3.69. The van der Waals surface area contributed by atoms with Crippen molar-refractivity contribution in [3.8, 4) is 0 Å². The van der Waals surface area contributed by atoms with Crippen LogP contribution in [0.3, 0.4) is 0 Å². The topological polar surface area (TPSA) is 63.2 Å². The van der Waals surface area contributed by atoms with E-state index in [2.05, 4.69) is 25.2 Å². The third kappa shape index (κ3) is 3.97. The molecule has 21 heavy (non-hydrogen) atoms. The first-order chi connectivity index (χ1) is 10.3. The van der Waals surface area contributed by atoms with Crippen LogP contribution < -0.4 is 10.2 Å². The van der Waals surface area contributed by atoms with Crippen LogP contribution in [0.2, 0.25) is 0 Å². The Kier molecular flexibility index (Phi) is 5.13. The molecular formula is C14H23N5OS. The predicted octanol–water partition coefficient (Wildman–Crippen LogP) is 2.17. The Morgan fingerprint density at radius 2 is 1.86 bits per heavy atom. The van der Waals surface area contributed by atoms with Gasteiger partial charge in [-0.05, 0) is 32.1 Å². The molecule has 0 atom stereocenters. The maximum Gasteiger partial charge on any atom is 0.231 e. The normalized spacial score (nSPS) is 20.5. The van der Waals surface area contributed by atoms with Crippen molar-refractivity contribution in [3.05, 3.63) is 0 Å². The zero-order valence-electron chi connectivity index (χ0n) is 12.5. The molecule has 7 heteroatoms. The molecule has 2 aliphatic rings. The van der Waals surface area contributed by atoms with E-state index >= 15 is 0 Å². The molecule has 3 rings (SSSR count). The first-order valence-electron chi connectivity index (χ1n) is 7.78. The summed E-state index contributed by atoms with van der Waals surface area (Å²) < 4.78 is 5.41. The number of rotatable bonds is 4. The highest BCUT2D eigenvalue weighted by molar-refractivity contribution is 7.99. The Hall–Kier alpha value is -1.08. The first kappa shape index (κ1) is 14.8. The number of anilines is 2. The summed E-state index contributed by atoms with van der Waals surface area (Å²) in [6.07, 6.45) is 5.91. The van der Waals surface area contributed by atoms with E-state index in [1.165, 1.54) is 19.3 Å². The predicted molar refractivity (Wildman–Crippen MR) is 85.1 cm³/mol. The summed E-state index contributed by atoms with van der Waals surface area (Å²) >= 11 is 1.76. The molecular weight excluding hydrogens is 286 g/mol. The zero-order valence-corrected chi connectivity index (χ0v) is 13.4. The summed E-state index contributed by atoms with van der Waals surface area (Å²) in [5.74, 6) is 1.49. The molecule has 0 unspecified atom stereocenters. The Balaban J connectivity index is 1.75. The highest BCUT2D eigenvalue weighted by Gasteiger charge is 2.20. The fourth-order valence-electron chi connectivity index (χ4n) is 2.69. The summed E-state index contributed by atoms with van der Waals surface area (Å²) in [6.45, 7) is 3.80. The average Bonchev–Trinajstić information content (AvgIpc) is 2.56. The van der Waals surface area contributed by atoms with Crippen LogP contribution in [0.15, 0.2) is 5.16 Å². The van der Waals surface area contributed by atoms with Crippen molar-refractivity contribution in [1.82, 2.24) is 15.0 Å². The number of aromatic nitrogens is 3. The molecule has 1 N–H and O–H groups in total. The molecule has 2 saturated heterocycles. The largest absolute Gasteiger partial charge is 0.381 e. The van der Waals surface area contributed by atoms with Crippen molar-refractivity contribution in [1.29, 1.82) is 0 Å². The van der Waals surface area contributed by atoms with Crippen molar-refractivity contribution in [2.45, 2.75) is 42.5 Å². The number of hydrogen-bond acceptors (Lipinski definition) is 7. The van der Waals surface area contributed by atoms with Gasteiger partial charge in [0, 0.05) is 38.6 Å². The number of nitrogens with one attached hydrogen (secondary N) is 1. The van der Waals surface area contributed by atoms with Crippen molar-refractivity contribution >= 4 is 23.7 Å². The van der Waals surface area contributed by atoms with Crippen LogP contribution in [0.4, 0.5) is 11.9 Å². The van der Waals surface area contributed by atoms with E-state index in [-0.39, 0.29) is 0 Å². The molecule has 0 saturated carbocycles. The Labute approximate surface area is 130 Å². The van der Waals surface area contributed by atoms with Gasteiger partial charge in [0.1, 0.15) is 0 Å². The van der Waals surface area contributed by atoms with Gasteiger partial charge in [-0.25, -0.2) is 0 Å². The summed E-state index contributed by atoms with van der Waals surface area (Å²) in [5, 5.41) is 4.45. The first-order valence-corrected chi connectivity index (χ1v) is 8.66. The molecule has 1 aromatic rings. The smallest absolute Gasteiger partial charge is 0.231 e. The van der Waals surface area contributed by atoms with Crippen molar-refractivity contribution in [2.75, 3.05) is 43.6 Å². The van der Waals surface area contributed by atoms with Crippen LogP contribution in [0, 0.1) is 0 Å². The molecule has 2 fully saturated rings. The Bertz CT molecular complexity index is 461. The summed E-state index contributed by atoms with van der Waals surface area (Å²) in [7, 11) is 1.86. The van der Waals surface area contributed by atoms with E-state index in [9.17, 15) is 0 Å². The number of nitrogens with zero attached hydrogens (tertiary/aromatic N) is 4. The zero-order chi connectivity index (χ0) is 14.5.